The smallest absolute Gasteiger partial charge is 0.309 e. The second-order valence-electron chi connectivity index (χ2n) is 5.50. The van der Waals surface area contributed by atoms with Crippen molar-refractivity contribution in [2.24, 2.45) is 5.92 Å². The van der Waals surface area contributed by atoms with Crippen molar-refractivity contribution in [2.45, 2.75) is 58.0 Å². The maximum atomic E-state index is 11.7. The van der Waals surface area contributed by atoms with E-state index < -0.39 is 0 Å². The van der Waals surface area contributed by atoms with E-state index in [-0.39, 0.29) is 18.0 Å². The van der Waals surface area contributed by atoms with Crippen molar-refractivity contribution < 1.29 is 9.53 Å². The van der Waals surface area contributed by atoms with Gasteiger partial charge in [-0.15, -0.1) is 0 Å². The molecule has 0 spiro atoms. The lowest BCUT2D eigenvalue weighted by Gasteiger charge is -2.28. The van der Waals surface area contributed by atoms with E-state index in [9.17, 15) is 4.79 Å². The number of esters is 1. The van der Waals surface area contributed by atoms with Crippen molar-refractivity contribution in [3.05, 3.63) is 0 Å². The second kappa shape index (κ2) is 6.39. The molecule has 98 valence electrons. The number of likely N-dealkylation sites (tertiary alicyclic amines) is 1. The number of rotatable bonds is 5. The number of nitrogens with zero attached hydrogens (tertiary/aromatic N) is 1. The highest BCUT2D eigenvalue weighted by Gasteiger charge is 2.34. The fourth-order valence-corrected chi connectivity index (χ4v) is 2.95. The molecule has 2 rings (SSSR count). The lowest BCUT2D eigenvalue weighted by molar-refractivity contribution is -0.145. The molecule has 0 bridgehead atoms. The van der Waals surface area contributed by atoms with Crippen LogP contribution in [0.5, 0.6) is 0 Å². The summed E-state index contributed by atoms with van der Waals surface area (Å²) in [5.41, 5.74) is 0. The summed E-state index contributed by atoms with van der Waals surface area (Å²) in [7, 11) is 0. The minimum atomic E-state index is 0.0560. The number of hydrogen-bond acceptors (Lipinski definition) is 3. The van der Waals surface area contributed by atoms with Crippen LogP contribution in [0.2, 0.25) is 0 Å². The molecule has 0 aromatic heterocycles. The van der Waals surface area contributed by atoms with E-state index in [1.807, 2.05) is 0 Å². The monoisotopic (exact) mass is 239 g/mol. The van der Waals surface area contributed by atoms with Crippen molar-refractivity contribution in [3.8, 4) is 0 Å². The number of hydrogen-bond donors (Lipinski definition) is 0. The van der Waals surface area contributed by atoms with Crippen LogP contribution in [0.4, 0.5) is 0 Å². The van der Waals surface area contributed by atoms with Gasteiger partial charge in [-0.3, -0.25) is 9.69 Å². The van der Waals surface area contributed by atoms with Gasteiger partial charge in [0.2, 0.25) is 0 Å². The first-order valence-corrected chi connectivity index (χ1v) is 7.22. The summed E-state index contributed by atoms with van der Waals surface area (Å²) in [5.74, 6) is 0.241. The fraction of sp³-hybridized carbons (Fsp3) is 0.929. The molecular formula is C14H25NO2. The van der Waals surface area contributed by atoms with Crippen LogP contribution < -0.4 is 0 Å². The Labute approximate surface area is 105 Å². The Morgan fingerprint density at radius 2 is 2.06 bits per heavy atom. The van der Waals surface area contributed by atoms with Crippen LogP contribution in [-0.2, 0) is 9.53 Å². The Morgan fingerprint density at radius 1 is 1.29 bits per heavy atom. The Kier molecular flexibility index (Phi) is 4.84. The number of ether oxygens (including phenoxy) is 1. The summed E-state index contributed by atoms with van der Waals surface area (Å²) in [6.07, 6.45) is 8.43. The number of carbonyl (C=O) groups excluding carboxylic acids is 1. The van der Waals surface area contributed by atoms with Crippen LogP contribution in [0.1, 0.15) is 51.9 Å². The fourth-order valence-electron chi connectivity index (χ4n) is 2.95. The first kappa shape index (κ1) is 12.9. The molecule has 2 unspecified atom stereocenters. The van der Waals surface area contributed by atoms with Crippen molar-refractivity contribution in [1.29, 1.82) is 0 Å². The zero-order chi connectivity index (χ0) is 12.1. The topological polar surface area (TPSA) is 29.5 Å². The SMILES string of the molecule is CCCCC1CC(CN2CCCCC2)OC1=O. The highest BCUT2D eigenvalue weighted by atomic mass is 16.6. The summed E-state index contributed by atoms with van der Waals surface area (Å²) in [6.45, 7) is 5.52. The van der Waals surface area contributed by atoms with Crippen LogP contribution in [0.3, 0.4) is 0 Å². The number of carbonyl (C=O) groups is 1. The average molecular weight is 239 g/mol. The molecule has 0 amide bonds. The van der Waals surface area contributed by atoms with Gasteiger partial charge in [-0.25, -0.2) is 0 Å². The number of cyclic esters (lactones) is 1. The third-order valence-electron chi connectivity index (χ3n) is 3.98. The third-order valence-corrected chi connectivity index (χ3v) is 3.98. The molecule has 0 N–H and O–H groups in total. The summed E-state index contributed by atoms with van der Waals surface area (Å²) < 4.78 is 5.49. The van der Waals surface area contributed by atoms with Gasteiger partial charge in [0.15, 0.2) is 0 Å². The summed E-state index contributed by atoms with van der Waals surface area (Å²) >= 11 is 0. The average Bonchev–Trinajstić information content (AvgIpc) is 2.68. The zero-order valence-electron chi connectivity index (χ0n) is 11.0. The first-order valence-electron chi connectivity index (χ1n) is 7.22. The van der Waals surface area contributed by atoms with Gasteiger partial charge in [0, 0.05) is 6.54 Å². The minimum absolute atomic E-state index is 0.0560. The van der Waals surface area contributed by atoms with Crippen molar-refractivity contribution in [3.63, 3.8) is 0 Å². The Bertz CT molecular complexity index is 249. The maximum Gasteiger partial charge on any atom is 0.309 e. The molecule has 0 radical (unpaired) electrons. The molecule has 0 aromatic rings. The van der Waals surface area contributed by atoms with Gasteiger partial charge in [-0.2, -0.15) is 0 Å². The van der Waals surface area contributed by atoms with Gasteiger partial charge in [-0.05, 0) is 38.8 Å². The molecule has 0 saturated carbocycles. The van der Waals surface area contributed by atoms with Gasteiger partial charge in [0.05, 0.1) is 5.92 Å². The molecule has 2 heterocycles. The van der Waals surface area contributed by atoms with E-state index in [1.54, 1.807) is 0 Å². The molecular weight excluding hydrogens is 214 g/mol. The minimum Gasteiger partial charge on any atom is -0.461 e. The quantitative estimate of drug-likeness (QED) is 0.691. The van der Waals surface area contributed by atoms with Crippen molar-refractivity contribution in [2.75, 3.05) is 19.6 Å². The molecule has 0 aliphatic carbocycles. The summed E-state index contributed by atoms with van der Waals surface area (Å²) in [6, 6.07) is 0. The Balaban J connectivity index is 1.73. The lowest BCUT2D eigenvalue weighted by atomic mass is 9.98. The lowest BCUT2D eigenvalue weighted by Crippen LogP contribution is -2.36. The molecule has 2 fully saturated rings. The van der Waals surface area contributed by atoms with E-state index >= 15 is 0 Å². The van der Waals surface area contributed by atoms with Gasteiger partial charge in [0.25, 0.3) is 0 Å². The van der Waals surface area contributed by atoms with E-state index in [0.29, 0.717) is 0 Å². The second-order valence-corrected chi connectivity index (χ2v) is 5.50. The normalized spacial score (nSPS) is 30.5. The van der Waals surface area contributed by atoms with Crippen LogP contribution >= 0.6 is 0 Å². The van der Waals surface area contributed by atoms with Crippen LogP contribution in [0.15, 0.2) is 0 Å². The summed E-state index contributed by atoms with van der Waals surface area (Å²) in [5, 5.41) is 0. The zero-order valence-corrected chi connectivity index (χ0v) is 11.0. The first-order chi connectivity index (χ1) is 8.29. The van der Waals surface area contributed by atoms with Crippen molar-refractivity contribution >= 4 is 5.97 Å². The molecule has 0 aromatic carbocycles. The molecule has 3 nitrogen and oxygen atoms in total. The van der Waals surface area contributed by atoms with E-state index in [2.05, 4.69) is 11.8 Å². The van der Waals surface area contributed by atoms with Crippen molar-refractivity contribution in [1.82, 2.24) is 4.90 Å². The van der Waals surface area contributed by atoms with Gasteiger partial charge in [0.1, 0.15) is 6.10 Å². The molecule has 3 heteroatoms. The number of unbranched alkanes of at least 4 members (excludes halogenated alkanes) is 1. The Hall–Kier alpha value is -0.570. The standard InChI is InChI=1S/C14H25NO2/c1-2-3-7-12-10-13(17-14(12)16)11-15-8-5-4-6-9-15/h12-13H,2-11H2,1H3. The van der Waals surface area contributed by atoms with Gasteiger partial charge < -0.3 is 4.74 Å². The van der Waals surface area contributed by atoms with Crippen LogP contribution in [-0.4, -0.2) is 36.6 Å². The molecule has 2 saturated heterocycles. The van der Waals surface area contributed by atoms with E-state index in [4.69, 9.17) is 4.74 Å². The molecule has 2 aliphatic heterocycles. The van der Waals surface area contributed by atoms with E-state index in [1.165, 1.54) is 38.8 Å². The predicted octanol–water partition coefficient (Wildman–Crippen LogP) is 2.59. The summed E-state index contributed by atoms with van der Waals surface area (Å²) in [4.78, 5) is 14.2. The van der Waals surface area contributed by atoms with E-state index in [0.717, 1.165) is 25.8 Å². The number of piperidine rings is 1. The largest absolute Gasteiger partial charge is 0.461 e. The molecule has 2 atom stereocenters. The predicted molar refractivity (Wildman–Crippen MR) is 67.8 cm³/mol. The third kappa shape index (κ3) is 3.70. The highest BCUT2D eigenvalue weighted by molar-refractivity contribution is 5.74. The van der Waals surface area contributed by atoms with Crippen LogP contribution in [0, 0.1) is 5.92 Å². The molecule has 2 aliphatic rings. The Morgan fingerprint density at radius 3 is 2.76 bits per heavy atom. The van der Waals surface area contributed by atoms with Gasteiger partial charge in [-0.1, -0.05) is 26.2 Å². The molecule has 17 heavy (non-hydrogen) atoms. The highest BCUT2D eigenvalue weighted by Crippen LogP contribution is 2.26. The van der Waals surface area contributed by atoms with Gasteiger partial charge >= 0.3 is 5.97 Å². The maximum absolute atomic E-state index is 11.7. The van der Waals surface area contributed by atoms with Crippen LogP contribution in [0.25, 0.3) is 0 Å².